The molecule has 0 aromatic carbocycles. The van der Waals surface area contributed by atoms with Crippen molar-refractivity contribution < 1.29 is 9.59 Å². The second-order valence-electron chi connectivity index (χ2n) is 4.91. The summed E-state index contributed by atoms with van der Waals surface area (Å²) in [6, 6.07) is 8.40. The number of pyridine rings is 1. The van der Waals surface area contributed by atoms with Crippen LogP contribution in [0, 0.1) is 0 Å². The van der Waals surface area contributed by atoms with E-state index in [0.29, 0.717) is 15.7 Å². The summed E-state index contributed by atoms with van der Waals surface area (Å²) in [6.45, 7) is 1.63. The normalized spacial score (nSPS) is 11.7. The number of thiazole rings is 1. The largest absolute Gasteiger partial charge is 0.340 e. The van der Waals surface area contributed by atoms with E-state index in [-0.39, 0.29) is 11.8 Å². The maximum Gasteiger partial charge on any atom is 0.261 e. The third-order valence-electron chi connectivity index (χ3n) is 3.15. The van der Waals surface area contributed by atoms with Crippen LogP contribution in [-0.4, -0.2) is 27.8 Å². The highest BCUT2D eigenvalue weighted by atomic mass is 32.1. The van der Waals surface area contributed by atoms with Gasteiger partial charge in [-0.05, 0) is 30.5 Å². The van der Waals surface area contributed by atoms with Crippen molar-refractivity contribution in [3.05, 3.63) is 52.2 Å². The quantitative estimate of drug-likeness (QED) is 0.734. The molecule has 3 aromatic rings. The Labute approximate surface area is 146 Å². The Morgan fingerprint density at radius 3 is 2.71 bits per heavy atom. The van der Waals surface area contributed by atoms with Crippen LogP contribution in [-0.2, 0) is 4.79 Å². The topological polar surface area (TPSA) is 84.0 Å². The zero-order valence-electron chi connectivity index (χ0n) is 12.7. The number of rotatable bonds is 5. The molecule has 0 saturated heterocycles. The van der Waals surface area contributed by atoms with E-state index in [1.165, 1.54) is 22.7 Å². The number of hydrogen-bond donors (Lipinski definition) is 2. The van der Waals surface area contributed by atoms with Crippen molar-refractivity contribution in [2.45, 2.75) is 13.0 Å². The van der Waals surface area contributed by atoms with Gasteiger partial charge in [0.25, 0.3) is 5.91 Å². The first-order valence-electron chi connectivity index (χ1n) is 7.15. The molecule has 6 nitrogen and oxygen atoms in total. The number of nitrogens with one attached hydrogen (secondary N) is 2. The summed E-state index contributed by atoms with van der Waals surface area (Å²) in [4.78, 5) is 33.3. The standard InChI is InChI=1S/C16H14N4O2S2/c1-10(18-15(22)13-6-4-8-23-13)14(21)20-16-19-12(9-24-16)11-5-2-3-7-17-11/h2-10H,1H3,(H,18,22)(H,19,20,21)/t10-/m1/s1. The lowest BCUT2D eigenvalue weighted by atomic mass is 10.3. The van der Waals surface area contributed by atoms with Crippen LogP contribution in [0.15, 0.2) is 47.3 Å². The lowest BCUT2D eigenvalue weighted by molar-refractivity contribution is -0.117. The Morgan fingerprint density at radius 1 is 1.12 bits per heavy atom. The van der Waals surface area contributed by atoms with E-state index in [1.54, 1.807) is 25.3 Å². The summed E-state index contributed by atoms with van der Waals surface area (Å²) in [5.74, 6) is -0.581. The van der Waals surface area contributed by atoms with Gasteiger partial charge in [0.15, 0.2) is 5.13 Å². The number of nitrogens with zero attached hydrogens (tertiary/aromatic N) is 2. The van der Waals surface area contributed by atoms with Gasteiger partial charge in [-0.15, -0.1) is 22.7 Å². The van der Waals surface area contributed by atoms with Gasteiger partial charge in [0.05, 0.1) is 10.6 Å². The second kappa shape index (κ2) is 7.33. The fourth-order valence-corrected chi connectivity index (χ4v) is 3.25. The summed E-state index contributed by atoms with van der Waals surface area (Å²) in [6.07, 6.45) is 1.69. The molecule has 24 heavy (non-hydrogen) atoms. The molecule has 3 aromatic heterocycles. The Morgan fingerprint density at radius 2 is 2.00 bits per heavy atom. The molecule has 3 heterocycles. The Balaban J connectivity index is 1.60. The number of anilines is 1. The third-order valence-corrected chi connectivity index (χ3v) is 4.77. The molecule has 3 rings (SSSR count). The first-order chi connectivity index (χ1) is 11.6. The summed E-state index contributed by atoms with van der Waals surface area (Å²) < 4.78 is 0. The van der Waals surface area contributed by atoms with E-state index in [4.69, 9.17) is 0 Å². The van der Waals surface area contributed by atoms with Crippen LogP contribution >= 0.6 is 22.7 Å². The minimum Gasteiger partial charge on any atom is -0.340 e. The van der Waals surface area contributed by atoms with E-state index < -0.39 is 6.04 Å². The molecule has 8 heteroatoms. The summed E-state index contributed by atoms with van der Waals surface area (Å²) in [7, 11) is 0. The van der Waals surface area contributed by atoms with Gasteiger partial charge in [-0.25, -0.2) is 4.98 Å². The maximum atomic E-state index is 12.2. The van der Waals surface area contributed by atoms with E-state index >= 15 is 0 Å². The number of aromatic nitrogens is 2. The maximum absolute atomic E-state index is 12.2. The average molecular weight is 358 g/mol. The van der Waals surface area contributed by atoms with Gasteiger partial charge in [0, 0.05) is 11.6 Å². The van der Waals surface area contributed by atoms with Crippen molar-refractivity contribution in [1.82, 2.24) is 15.3 Å². The molecule has 0 aliphatic rings. The van der Waals surface area contributed by atoms with Gasteiger partial charge in [0.1, 0.15) is 11.7 Å². The predicted octanol–water partition coefficient (Wildman–Crippen LogP) is 3.02. The monoisotopic (exact) mass is 358 g/mol. The summed E-state index contributed by atoms with van der Waals surface area (Å²) in [5.41, 5.74) is 1.44. The van der Waals surface area contributed by atoms with E-state index in [9.17, 15) is 9.59 Å². The van der Waals surface area contributed by atoms with Gasteiger partial charge in [0.2, 0.25) is 5.91 Å². The molecule has 0 saturated carbocycles. The van der Waals surface area contributed by atoms with Crippen molar-refractivity contribution >= 4 is 39.6 Å². The number of amides is 2. The zero-order chi connectivity index (χ0) is 16.9. The van der Waals surface area contributed by atoms with Crippen molar-refractivity contribution in [3.8, 4) is 11.4 Å². The Kier molecular flexibility index (Phi) is 4.97. The van der Waals surface area contributed by atoms with E-state index in [0.717, 1.165) is 5.69 Å². The van der Waals surface area contributed by atoms with Crippen LogP contribution in [0.25, 0.3) is 11.4 Å². The minimum absolute atomic E-state index is 0.263. The van der Waals surface area contributed by atoms with Crippen LogP contribution in [0.5, 0.6) is 0 Å². The van der Waals surface area contributed by atoms with Crippen LogP contribution in [0.4, 0.5) is 5.13 Å². The number of carbonyl (C=O) groups is 2. The number of thiophene rings is 1. The first-order valence-corrected chi connectivity index (χ1v) is 8.91. The van der Waals surface area contributed by atoms with Gasteiger partial charge in [-0.3, -0.25) is 14.6 Å². The highest BCUT2D eigenvalue weighted by Gasteiger charge is 2.18. The summed E-state index contributed by atoms with van der Waals surface area (Å²) >= 11 is 2.64. The highest BCUT2D eigenvalue weighted by molar-refractivity contribution is 7.14. The molecule has 0 aliphatic carbocycles. The van der Waals surface area contributed by atoms with Crippen LogP contribution in [0.1, 0.15) is 16.6 Å². The number of carbonyl (C=O) groups excluding carboxylic acids is 2. The third kappa shape index (κ3) is 3.84. The molecule has 2 N–H and O–H groups in total. The SMILES string of the molecule is C[C@@H](NC(=O)c1cccs1)C(=O)Nc1nc(-c2ccccn2)cs1. The van der Waals surface area contributed by atoms with Crippen molar-refractivity contribution in [2.75, 3.05) is 5.32 Å². The molecule has 0 aliphatic heterocycles. The first kappa shape index (κ1) is 16.3. The Bertz CT molecular complexity index is 831. The van der Waals surface area contributed by atoms with E-state index in [2.05, 4.69) is 20.6 Å². The fourth-order valence-electron chi connectivity index (χ4n) is 1.92. The molecule has 0 spiro atoms. The van der Waals surface area contributed by atoms with Gasteiger partial charge >= 0.3 is 0 Å². The lowest BCUT2D eigenvalue weighted by Gasteiger charge is -2.12. The molecule has 1 atom stereocenters. The molecular formula is C16H14N4O2S2. The minimum atomic E-state index is -0.665. The molecule has 0 fully saturated rings. The van der Waals surface area contributed by atoms with Crippen molar-refractivity contribution in [1.29, 1.82) is 0 Å². The molecule has 122 valence electrons. The van der Waals surface area contributed by atoms with Gasteiger partial charge in [-0.1, -0.05) is 12.1 Å². The highest BCUT2D eigenvalue weighted by Crippen LogP contribution is 2.23. The van der Waals surface area contributed by atoms with Gasteiger partial charge < -0.3 is 10.6 Å². The molecule has 0 radical (unpaired) electrons. The van der Waals surface area contributed by atoms with E-state index in [1.807, 2.05) is 29.0 Å². The molecule has 2 amide bonds. The van der Waals surface area contributed by atoms with Crippen LogP contribution in [0.2, 0.25) is 0 Å². The molecule has 0 bridgehead atoms. The van der Waals surface area contributed by atoms with Crippen molar-refractivity contribution in [3.63, 3.8) is 0 Å². The zero-order valence-corrected chi connectivity index (χ0v) is 14.4. The Hall–Kier alpha value is -2.58. The van der Waals surface area contributed by atoms with Crippen LogP contribution < -0.4 is 10.6 Å². The summed E-state index contributed by atoms with van der Waals surface area (Å²) in [5, 5.41) is 9.49. The predicted molar refractivity (Wildman–Crippen MR) is 95.2 cm³/mol. The number of hydrogen-bond acceptors (Lipinski definition) is 6. The molecular weight excluding hydrogens is 344 g/mol. The average Bonchev–Trinajstić information content (AvgIpc) is 3.27. The smallest absolute Gasteiger partial charge is 0.261 e. The van der Waals surface area contributed by atoms with Crippen molar-refractivity contribution in [2.24, 2.45) is 0 Å². The second-order valence-corrected chi connectivity index (χ2v) is 6.72. The van der Waals surface area contributed by atoms with Gasteiger partial charge in [-0.2, -0.15) is 0 Å². The lowest BCUT2D eigenvalue weighted by Crippen LogP contribution is -2.41. The molecule has 0 unspecified atom stereocenters. The van der Waals surface area contributed by atoms with Crippen LogP contribution in [0.3, 0.4) is 0 Å². The fraction of sp³-hybridized carbons (Fsp3) is 0.125.